The van der Waals surface area contributed by atoms with Crippen LogP contribution < -0.4 is 5.32 Å². The molecular formula is C20H17Cl2N5OS. The first kappa shape index (κ1) is 20.0. The van der Waals surface area contributed by atoms with Crippen LogP contribution in [0, 0.1) is 0 Å². The molecule has 0 unspecified atom stereocenters. The van der Waals surface area contributed by atoms with E-state index >= 15 is 0 Å². The van der Waals surface area contributed by atoms with Gasteiger partial charge in [-0.05, 0) is 52.9 Å². The van der Waals surface area contributed by atoms with E-state index in [9.17, 15) is 0 Å². The van der Waals surface area contributed by atoms with Crippen LogP contribution in [0.1, 0.15) is 5.76 Å². The van der Waals surface area contributed by atoms with Gasteiger partial charge in [0, 0.05) is 22.9 Å². The summed E-state index contributed by atoms with van der Waals surface area (Å²) >= 11 is 13.9. The number of aromatic nitrogens is 4. The van der Waals surface area contributed by atoms with Crippen molar-refractivity contribution in [1.29, 1.82) is 0 Å². The molecule has 0 spiro atoms. The van der Waals surface area contributed by atoms with Gasteiger partial charge in [0.1, 0.15) is 11.5 Å². The summed E-state index contributed by atoms with van der Waals surface area (Å²) in [6, 6.07) is 19.0. The minimum atomic E-state index is 0.607. The van der Waals surface area contributed by atoms with E-state index in [0.29, 0.717) is 22.4 Å². The van der Waals surface area contributed by atoms with Gasteiger partial charge in [0.05, 0.1) is 17.3 Å². The fraction of sp³-hybridized carbons (Fsp3) is 0.150. The summed E-state index contributed by atoms with van der Waals surface area (Å²) in [6.45, 7) is 1.39. The molecule has 0 saturated heterocycles. The fourth-order valence-electron chi connectivity index (χ4n) is 2.73. The van der Waals surface area contributed by atoms with Crippen LogP contribution in [-0.2, 0) is 6.54 Å². The van der Waals surface area contributed by atoms with Crippen LogP contribution in [0.25, 0.3) is 17.0 Å². The Morgan fingerprint density at radius 2 is 1.90 bits per heavy atom. The van der Waals surface area contributed by atoms with Crippen LogP contribution in [0.2, 0.25) is 10.0 Å². The Balaban J connectivity index is 1.28. The zero-order chi connectivity index (χ0) is 20.1. The van der Waals surface area contributed by atoms with E-state index < -0.39 is 0 Å². The minimum absolute atomic E-state index is 0.607. The number of benzene rings is 2. The number of rotatable bonds is 8. The van der Waals surface area contributed by atoms with Crippen molar-refractivity contribution in [2.45, 2.75) is 11.7 Å². The third-order valence-corrected chi connectivity index (χ3v) is 5.59. The Morgan fingerprint density at radius 1 is 1.03 bits per heavy atom. The summed E-state index contributed by atoms with van der Waals surface area (Å²) in [6.07, 6.45) is 0. The van der Waals surface area contributed by atoms with Crippen LogP contribution in [0.3, 0.4) is 0 Å². The van der Waals surface area contributed by atoms with Gasteiger partial charge in [0.15, 0.2) is 0 Å². The first-order valence-corrected chi connectivity index (χ1v) is 10.7. The molecule has 29 heavy (non-hydrogen) atoms. The minimum Gasteiger partial charge on any atom is -0.460 e. The Hall–Kier alpha value is -2.32. The van der Waals surface area contributed by atoms with Crippen molar-refractivity contribution in [2.24, 2.45) is 0 Å². The van der Waals surface area contributed by atoms with E-state index in [0.717, 1.165) is 34.5 Å². The monoisotopic (exact) mass is 445 g/mol. The van der Waals surface area contributed by atoms with Crippen molar-refractivity contribution >= 4 is 35.0 Å². The molecule has 0 saturated carbocycles. The summed E-state index contributed by atoms with van der Waals surface area (Å²) in [5.74, 6) is 2.35. The number of hydrogen-bond acceptors (Lipinski definition) is 6. The van der Waals surface area contributed by atoms with Crippen LogP contribution in [0.5, 0.6) is 0 Å². The van der Waals surface area contributed by atoms with Gasteiger partial charge < -0.3 is 9.73 Å². The molecule has 0 bridgehead atoms. The molecule has 0 aliphatic rings. The molecule has 148 valence electrons. The molecule has 0 aliphatic carbocycles. The smallest absolute Gasteiger partial charge is 0.214 e. The lowest BCUT2D eigenvalue weighted by atomic mass is 10.2. The lowest BCUT2D eigenvalue weighted by Crippen LogP contribution is -2.16. The largest absolute Gasteiger partial charge is 0.460 e. The Kier molecular flexibility index (Phi) is 6.51. The molecule has 0 atom stereocenters. The summed E-state index contributed by atoms with van der Waals surface area (Å²) in [5, 5.41) is 17.3. The standard InChI is InChI=1S/C20H17Cl2N5OS/c21-14-6-8-18(22)17(12-14)19-9-7-16(28-19)13-23-10-11-29-20-24-25-26-27(20)15-4-2-1-3-5-15/h1-9,12,23H,10-11,13H2. The second-order valence-electron chi connectivity index (χ2n) is 6.12. The fourth-order valence-corrected chi connectivity index (χ4v) is 3.90. The van der Waals surface area contributed by atoms with Gasteiger partial charge in [0.2, 0.25) is 5.16 Å². The average molecular weight is 446 g/mol. The first-order chi connectivity index (χ1) is 14.2. The molecule has 2 aromatic carbocycles. The Bertz CT molecular complexity index is 1080. The lowest BCUT2D eigenvalue weighted by molar-refractivity contribution is 0.499. The molecule has 6 nitrogen and oxygen atoms in total. The molecule has 0 radical (unpaired) electrons. The van der Waals surface area contributed by atoms with Crippen LogP contribution in [-0.4, -0.2) is 32.5 Å². The van der Waals surface area contributed by atoms with E-state index in [1.165, 1.54) is 0 Å². The van der Waals surface area contributed by atoms with E-state index in [-0.39, 0.29) is 0 Å². The molecule has 4 rings (SSSR count). The Labute approximate surface area is 182 Å². The predicted octanol–water partition coefficient (Wildman–Crippen LogP) is 5.11. The molecule has 2 heterocycles. The molecule has 9 heteroatoms. The van der Waals surface area contributed by atoms with Gasteiger partial charge in [-0.15, -0.1) is 5.10 Å². The molecule has 0 amide bonds. The van der Waals surface area contributed by atoms with Crippen LogP contribution in [0.4, 0.5) is 0 Å². The quantitative estimate of drug-likeness (QED) is 0.300. The number of tetrazole rings is 1. The molecule has 0 aliphatic heterocycles. The molecule has 0 fully saturated rings. The molecule has 1 N–H and O–H groups in total. The van der Waals surface area contributed by atoms with Crippen LogP contribution in [0.15, 0.2) is 70.2 Å². The highest BCUT2D eigenvalue weighted by molar-refractivity contribution is 7.99. The lowest BCUT2D eigenvalue weighted by Gasteiger charge is -2.05. The van der Waals surface area contributed by atoms with Crippen LogP contribution >= 0.6 is 35.0 Å². The number of nitrogens with zero attached hydrogens (tertiary/aromatic N) is 4. The highest BCUT2D eigenvalue weighted by Gasteiger charge is 2.10. The SMILES string of the molecule is Clc1ccc(Cl)c(-c2ccc(CNCCSc3nnnn3-c3ccccc3)o2)c1. The van der Waals surface area contributed by atoms with E-state index in [2.05, 4.69) is 20.8 Å². The molecule has 2 aromatic heterocycles. The van der Waals surface area contributed by atoms with Gasteiger partial charge in [-0.3, -0.25) is 0 Å². The number of nitrogens with one attached hydrogen (secondary N) is 1. The van der Waals surface area contributed by atoms with Crippen molar-refractivity contribution < 1.29 is 4.42 Å². The maximum absolute atomic E-state index is 6.24. The van der Waals surface area contributed by atoms with Crippen molar-refractivity contribution in [1.82, 2.24) is 25.5 Å². The number of para-hydroxylation sites is 1. The van der Waals surface area contributed by atoms with Crippen molar-refractivity contribution in [3.63, 3.8) is 0 Å². The first-order valence-electron chi connectivity index (χ1n) is 8.92. The van der Waals surface area contributed by atoms with Crippen molar-refractivity contribution in [2.75, 3.05) is 12.3 Å². The van der Waals surface area contributed by atoms with E-state index in [1.54, 1.807) is 34.6 Å². The van der Waals surface area contributed by atoms with E-state index in [4.69, 9.17) is 27.6 Å². The summed E-state index contributed by atoms with van der Waals surface area (Å²) in [7, 11) is 0. The van der Waals surface area contributed by atoms with Gasteiger partial charge in [-0.25, -0.2) is 0 Å². The summed E-state index contributed by atoms with van der Waals surface area (Å²) < 4.78 is 7.62. The third-order valence-electron chi connectivity index (χ3n) is 4.11. The van der Waals surface area contributed by atoms with Crippen molar-refractivity contribution in [3.8, 4) is 17.0 Å². The molecular weight excluding hydrogens is 429 g/mol. The maximum atomic E-state index is 6.24. The maximum Gasteiger partial charge on any atom is 0.214 e. The zero-order valence-corrected chi connectivity index (χ0v) is 17.6. The normalized spacial score (nSPS) is 11.1. The molecule has 4 aromatic rings. The number of thioether (sulfide) groups is 1. The van der Waals surface area contributed by atoms with Crippen molar-refractivity contribution in [3.05, 3.63) is 76.5 Å². The predicted molar refractivity (Wildman–Crippen MR) is 116 cm³/mol. The zero-order valence-electron chi connectivity index (χ0n) is 15.3. The van der Waals surface area contributed by atoms with Gasteiger partial charge in [-0.2, -0.15) is 4.68 Å². The highest BCUT2D eigenvalue weighted by Crippen LogP contribution is 2.31. The number of halogens is 2. The van der Waals surface area contributed by atoms with Gasteiger partial charge >= 0.3 is 0 Å². The van der Waals surface area contributed by atoms with Gasteiger partial charge in [0.25, 0.3) is 0 Å². The number of furan rings is 1. The topological polar surface area (TPSA) is 68.8 Å². The summed E-state index contributed by atoms with van der Waals surface area (Å²) in [5.41, 5.74) is 1.73. The third kappa shape index (κ3) is 5.00. The Morgan fingerprint density at radius 3 is 2.76 bits per heavy atom. The van der Waals surface area contributed by atoms with E-state index in [1.807, 2.05) is 42.5 Å². The number of hydrogen-bond donors (Lipinski definition) is 1. The van der Waals surface area contributed by atoms with Gasteiger partial charge in [-0.1, -0.05) is 53.2 Å². The second-order valence-corrected chi connectivity index (χ2v) is 8.03. The average Bonchev–Trinajstić information content (AvgIpc) is 3.40. The highest BCUT2D eigenvalue weighted by atomic mass is 35.5. The second kappa shape index (κ2) is 9.45. The summed E-state index contributed by atoms with van der Waals surface area (Å²) in [4.78, 5) is 0.